The largest absolute Gasteiger partial charge is 0.494 e. The molecule has 0 saturated heterocycles. The summed E-state index contributed by atoms with van der Waals surface area (Å²) in [6.45, 7) is 11.1. The van der Waals surface area contributed by atoms with Crippen molar-refractivity contribution < 1.29 is 4.74 Å². The molecule has 0 fully saturated rings. The molecule has 0 radical (unpaired) electrons. The first kappa shape index (κ1) is 13.7. The molecule has 2 rings (SSSR count). The molecular weight excluding hydrogens is 236 g/mol. The molecule has 0 spiro atoms. The molecule has 3 nitrogen and oxygen atoms in total. The lowest BCUT2D eigenvalue weighted by atomic mass is 10.1. The number of aromatic nitrogens is 1. The van der Waals surface area contributed by atoms with Crippen molar-refractivity contribution in [2.75, 3.05) is 24.6 Å². The molecule has 0 aliphatic rings. The third-order valence-corrected chi connectivity index (χ3v) is 3.30. The topological polar surface area (TPSA) is 25.4 Å². The highest BCUT2D eigenvalue weighted by Crippen LogP contribution is 2.29. The van der Waals surface area contributed by atoms with E-state index in [9.17, 15) is 0 Å². The second-order valence-corrected chi connectivity index (χ2v) is 4.57. The minimum atomic E-state index is 0.686. The first-order valence-electron chi connectivity index (χ1n) is 6.98. The van der Waals surface area contributed by atoms with Crippen LogP contribution in [-0.4, -0.2) is 24.7 Å². The van der Waals surface area contributed by atoms with Crippen LogP contribution in [-0.2, 0) is 0 Å². The Morgan fingerprint density at radius 2 is 1.84 bits per heavy atom. The molecule has 3 heteroatoms. The van der Waals surface area contributed by atoms with E-state index in [1.54, 1.807) is 0 Å². The number of benzene rings is 1. The van der Waals surface area contributed by atoms with E-state index in [1.165, 1.54) is 11.1 Å². The summed E-state index contributed by atoms with van der Waals surface area (Å²) in [6, 6.07) is 8.29. The lowest BCUT2D eigenvalue weighted by molar-refractivity contribution is 0.340. The van der Waals surface area contributed by atoms with Gasteiger partial charge < -0.3 is 9.64 Å². The maximum atomic E-state index is 5.60. The third kappa shape index (κ3) is 2.80. The molecule has 102 valence electrons. The van der Waals surface area contributed by atoms with E-state index in [-0.39, 0.29) is 0 Å². The Bertz CT molecular complexity index is 562. The number of pyridine rings is 1. The second-order valence-electron chi connectivity index (χ2n) is 4.57. The lowest BCUT2D eigenvalue weighted by Gasteiger charge is -2.23. The predicted molar refractivity (Wildman–Crippen MR) is 81.2 cm³/mol. The minimum absolute atomic E-state index is 0.686. The first-order chi connectivity index (χ1) is 9.19. The van der Waals surface area contributed by atoms with Crippen LogP contribution < -0.4 is 9.64 Å². The molecule has 0 aliphatic carbocycles. The van der Waals surface area contributed by atoms with E-state index < -0.39 is 0 Å². The molecular formula is C16H22N2O. The van der Waals surface area contributed by atoms with Crippen LogP contribution in [0.15, 0.2) is 24.3 Å². The zero-order valence-electron chi connectivity index (χ0n) is 12.2. The van der Waals surface area contributed by atoms with Gasteiger partial charge in [-0.1, -0.05) is 0 Å². The Hall–Kier alpha value is -1.77. The quantitative estimate of drug-likeness (QED) is 0.816. The molecule has 19 heavy (non-hydrogen) atoms. The third-order valence-electron chi connectivity index (χ3n) is 3.30. The van der Waals surface area contributed by atoms with Gasteiger partial charge in [0.25, 0.3) is 0 Å². The summed E-state index contributed by atoms with van der Waals surface area (Å²) in [5.41, 5.74) is 3.33. The highest BCUT2D eigenvalue weighted by atomic mass is 16.5. The fraction of sp³-hybridized carbons (Fsp3) is 0.438. The van der Waals surface area contributed by atoms with Crippen LogP contribution in [0.1, 0.15) is 26.5 Å². The van der Waals surface area contributed by atoms with Crippen molar-refractivity contribution in [3.63, 3.8) is 0 Å². The number of aryl methyl sites for hydroxylation is 1. The van der Waals surface area contributed by atoms with Gasteiger partial charge in [0.1, 0.15) is 5.75 Å². The fourth-order valence-electron chi connectivity index (χ4n) is 2.40. The highest BCUT2D eigenvalue weighted by molar-refractivity contribution is 5.93. The first-order valence-corrected chi connectivity index (χ1v) is 6.98. The van der Waals surface area contributed by atoms with Gasteiger partial charge in [-0.15, -0.1) is 0 Å². The van der Waals surface area contributed by atoms with E-state index in [0.29, 0.717) is 6.61 Å². The fourth-order valence-corrected chi connectivity index (χ4v) is 2.40. The van der Waals surface area contributed by atoms with Crippen LogP contribution in [0.2, 0.25) is 0 Å². The minimum Gasteiger partial charge on any atom is -0.494 e. The van der Waals surface area contributed by atoms with Crippen molar-refractivity contribution in [3.8, 4) is 5.75 Å². The zero-order valence-corrected chi connectivity index (χ0v) is 12.2. The average molecular weight is 258 g/mol. The van der Waals surface area contributed by atoms with Crippen LogP contribution >= 0.6 is 0 Å². The molecule has 2 aromatic rings. The highest BCUT2D eigenvalue weighted by Gasteiger charge is 2.10. The second kappa shape index (κ2) is 5.91. The van der Waals surface area contributed by atoms with Gasteiger partial charge in [0.05, 0.1) is 12.1 Å². The molecule has 0 unspecified atom stereocenters. The molecule has 0 bridgehead atoms. The maximum Gasteiger partial charge on any atom is 0.120 e. The molecule has 1 heterocycles. The molecule has 0 amide bonds. The normalized spacial score (nSPS) is 10.7. The van der Waals surface area contributed by atoms with Crippen molar-refractivity contribution in [1.29, 1.82) is 0 Å². The standard InChI is InChI=1S/C16H22N2O/c1-5-18(6-2)16-10-12(4)17-15-9-8-13(19-7-3)11-14(15)16/h8-11H,5-7H2,1-4H3. The van der Waals surface area contributed by atoms with E-state index in [2.05, 4.69) is 35.9 Å². The SMILES string of the molecule is CCOc1ccc2nc(C)cc(N(CC)CC)c2c1. The maximum absolute atomic E-state index is 5.60. The molecule has 0 atom stereocenters. The monoisotopic (exact) mass is 258 g/mol. The van der Waals surface area contributed by atoms with E-state index in [1.807, 2.05) is 26.0 Å². The summed E-state index contributed by atoms with van der Waals surface area (Å²) in [4.78, 5) is 6.96. The van der Waals surface area contributed by atoms with Crippen molar-refractivity contribution in [1.82, 2.24) is 4.98 Å². The van der Waals surface area contributed by atoms with Gasteiger partial charge in [-0.2, -0.15) is 0 Å². The van der Waals surface area contributed by atoms with Gasteiger partial charge in [-0.3, -0.25) is 4.98 Å². The Morgan fingerprint density at radius 1 is 1.11 bits per heavy atom. The number of hydrogen-bond donors (Lipinski definition) is 0. The van der Waals surface area contributed by atoms with Gasteiger partial charge in [0, 0.05) is 29.9 Å². The Kier molecular flexibility index (Phi) is 4.25. The van der Waals surface area contributed by atoms with Gasteiger partial charge in [-0.05, 0) is 52.0 Å². The molecule has 1 aromatic carbocycles. The van der Waals surface area contributed by atoms with Crippen molar-refractivity contribution in [2.45, 2.75) is 27.7 Å². The van der Waals surface area contributed by atoms with Crippen LogP contribution in [0.25, 0.3) is 10.9 Å². The van der Waals surface area contributed by atoms with Gasteiger partial charge in [0.15, 0.2) is 0 Å². The number of nitrogens with zero attached hydrogens (tertiary/aromatic N) is 2. The van der Waals surface area contributed by atoms with Crippen LogP contribution in [0.5, 0.6) is 5.75 Å². The lowest BCUT2D eigenvalue weighted by Crippen LogP contribution is -2.22. The zero-order chi connectivity index (χ0) is 13.8. The van der Waals surface area contributed by atoms with Crippen molar-refractivity contribution >= 4 is 16.6 Å². The summed E-state index contributed by atoms with van der Waals surface area (Å²) in [5.74, 6) is 0.911. The summed E-state index contributed by atoms with van der Waals surface area (Å²) in [5, 5.41) is 1.17. The molecule has 1 aromatic heterocycles. The van der Waals surface area contributed by atoms with Crippen LogP contribution in [0, 0.1) is 6.92 Å². The smallest absolute Gasteiger partial charge is 0.120 e. The van der Waals surface area contributed by atoms with Crippen LogP contribution in [0.3, 0.4) is 0 Å². The summed E-state index contributed by atoms with van der Waals surface area (Å²) < 4.78 is 5.60. The predicted octanol–water partition coefficient (Wildman–Crippen LogP) is 3.79. The summed E-state index contributed by atoms with van der Waals surface area (Å²) in [6.07, 6.45) is 0. The van der Waals surface area contributed by atoms with E-state index in [4.69, 9.17) is 4.74 Å². The van der Waals surface area contributed by atoms with Crippen molar-refractivity contribution in [2.24, 2.45) is 0 Å². The number of rotatable bonds is 5. The molecule has 0 aliphatic heterocycles. The number of hydrogen-bond acceptors (Lipinski definition) is 3. The van der Waals surface area contributed by atoms with Gasteiger partial charge in [-0.25, -0.2) is 0 Å². The van der Waals surface area contributed by atoms with E-state index >= 15 is 0 Å². The number of ether oxygens (including phenoxy) is 1. The summed E-state index contributed by atoms with van der Waals surface area (Å²) >= 11 is 0. The average Bonchev–Trinajstić information content (AvgIpc) is 2.41. The Morgan fingerprint density at radius 3 is 2.47 bits per heavy atom. The van der Waals surface area contributed by atoms with E-state index in [0.717, 1.165) is 30.0 Å². The molecule has 0 saturated carbocycles. The Labute approximate surface area is 115 Å². The van der Waals surface area contributed by atoms with Crippen LogP contribution in [0.4, 0.5) is 5.69 Å². The Balaban J connectivity index is 2.61. The number of fused-ring (bicyclic) bond motifs is 1. The van der Waals surface area contributed by atoms with Crippen molar-refractivity contribution in [3.05, 3.63) is 30.0 Å². The molecule has 0 N–H and O–H groups in total. The summed E-state index contributed by atoms with van der Waals surface area (Å²) in [7, 11) is 0. The van der Waals surface area contributed by atoms with Gasteiger partial charge in [0.2, 0.25) is 0 Å². The number of anilines is 1. The van der Waals surface area contributed by atoms with Gasteiger partial charge >= 0.3 is 0 Å².